The molecule has 0 radical (unpaired) electrons. The molecule has 0 spiro atoms. The van der Waals surface area contributed by atoms with Crippen LogP contribution in [0, 0.1) is 0 Å². The molecule has 2 heterocycles. The van der Waals surface area contributed by atoms with Crippen molar-refractivity contribution in [1.29, 1.82) is 0 Å². The molecule has 88 valence electrons. The fourth-order valence-electron chi connectivity index (χ4n) is 1.79. The fourth-order valence-corrected chi connectivity index (χ4v) is 1.79. The van der Waals surface area contributed by atoms with E-state index in [1.54, 1.807) is 12.1 Å². The molecule has 0 bridgehead atoms. The summed E-state index contributed by atoms with van der Waals surface area (Å²) in [6.07, 6.45) is 0.485. The second-order valence-corrected chi connectivity index (χ2v) is 3.93. The third-order valence-corrected chi connectivity index (χ3v) is 2.72. The summed E-state index contributed by atoms with van der Waals surface area (Å²) < 4.78 is 10.8. The van der Waals surface area contributed by atoms with Crippen LogP contribution in [0.1, 0.15) is 17.5 Å². The summed E-state index contributed by atoms with van der Waals surface area (Å²) in [6, 6.07) is 3.58. The number of nitrogens with zero attached hydrogens (tertiary/aromatic N) is 1. The van der Waals surface area contributed by atoms with Crippen molar-refractivity contribution < 1.29 is 19.1 Å². The van der Waals surface area contributed by atoms with Crippen LogP contribution in [0.3, 0.4) is 0 Å². The minimum absolute atomic E-state index is 0.00946. The number of morpholine rings is 1. The zero-order valence-corrected chi connectivity index (χ0v) is 9.13. The van der Waals surface area contributed by atoms with Crippen LogP contribution in [0.25, 0.3) is 0 Å². The molecule has 0 aromatic carbocycles. The zero-order valence-electron chi connectivity index (χ0n) is 9.13. The Morgan fingerprint density at radius 2 is 2.44 bits per heavy atom. The molecule has 1 aliphatic heterocycles. The molecule has 1 aromatic rings. The first-order valence-electron chi connectivity index (χ1n) is 5.28. The fraction of sp³-hybridized carbons (Fsp3) is 0.545. The predicted molar refractivity (Wildman–Crippen MR) is 57.7 cm³/mol. The van der Waals surface area contributed by atoms with Gasteiger partial charge in [0, 0.05) is 12.6 Å². The van der Waals surface area contributed by atoms with E-state index in [1.165, 1.54) is 0 Å². The van der Waals surface area contributed by atoms with E-state index in [1.807, 2.05) is 11.8 Å². The number of furan rings is 1. The van der Waals surface area contributed by atoms with Crippen LogP contribution in [0.2, 0.25) is 0 Å². The molecule has 1 N–H and O–H groups in total. The maximum atomic E-state index is 10.5. The molecule has 0 amide bonds. The topological polar surface area (TPSA) is 62.9 Å². The van der Waals surface area contributed by atoms with Gasteiger partial charge < -0.3 is 19.2 Å². The number of carbonyl (C=O) groups is 1. The first-order valence-corrected chi connectivity index (χ1v) is 5.28. The standard InChI is InChI=1S/C11H15NO4/c1-8-7-15-10(6-14)4-12(8)11-3-2-9(5-13)16-11/h2-3,5,8,10,14H,4,6-7H2,1H3. The number of hydrogen-bond acceptors (Lipinski definition) is 5. The number of ether oxygens (including phenoxy) is 1. The van der Waals surface area contributed by atoms with Crippen LogP contribution in [0.15, 0.2) is 16.5 Å². The van der Waals surface area contributed by atoms with Crippen LogP contribution < -0.4 is 4.90 Å². The van der Waals surface area contributed by atoms with Gasteiger partial charge in [0.25, 0.3) is 0 Å². The summed E-state index contributed by atoms with van der Waals surface area (Å²) in [7, 11) is 0. The second-order valence-electron chi connectivity index (χ2n) is 3.93. The Kier molecular flexibility index (Phi) is 3.26. The normalized spacial score (nSPS) is 25.8. The molecule has 2 atom stereocenters. The van der Waals surface area contributed by atoms with E-state index in [9.17, 15) is 4.79 Å². The van der Waals surface area contributed by atoms with Crippen molar-refractivity contribution in [3.05, 3.63) is 17.9 Å². The molecular formula is C11H15NO4. The third kappa shape index (κ3) is 2.10. The van der Waals surface area contributed by atoms with E-state index in [4.69, 9.17) is 14.3 Å². The minimum atomic E-state index is -0.194. The highest BCUT2D eigenvalue weighted by Crippen LogP contribution is 2.23. The molecule has 1 aliphatic rings. The third-order valence-electron chi connectivity index (χ3n) is 2.72. The van der Waals surface area contributed by atoms with Gasteiger partial charge in [0.2, 0.25) is 0 Å². The number of anilines is 1. The molecule has 16 heavy (non-hydrogen) atoms. The zero-order chi connectivity index (χ0) is 11.5. The van der Waals surface area contributed by atoms with Crippen LogP contribution in [0.4, 0.5) is 5.88 Å². The molecule has 0 saturated carbocycles. The largest absolute Gasteiger partial charge is 0.438 e. The summed E-state index contributed by atoms with van der Waals surface area (Å²) in [5.41, 5.74) is 0. The molecule has 2 unspecified atom stereocenters. The van der Waals surface area contributed by atoms with Gasteiger partial charge in [-0.05, 0) is 13.0 Å². The maximum absolute atomic E-state index is 10.5. The lowest BCUT2D eigenvalue weighted by Crippen LogP contribution is -2.49. The quantitative estimate of drug-likeness (QED) is 0.766. The van der Waals surface area contributed by atoms with Crippen molar-refractivity contribution in [1.82, 2.24) is 0 Å². The first-order chi connectivity index (χ1) is 7.74. The van der Waals surface area contributed by atoms with Crippen molar-refractivity contribution >= 4 is 12.2 Å². The molecular weight excluding hydrogens is 210 g/mol. The van der Waals surface area contributed by atoms with E-state index in [0.29, 0.717) is 31.1 Å². The molecule has 1 saturated heterocycles. The number of aliphatic hydroxyl groups is 1. The highest BCUT2D eigenvalue weighted by molar-refractivity contribution is 5.71. The minimum Gasteiger partial charge on any atom is -0.438 e. The van der Waals surface area contributed by atoms with Gasteiger partial charge >= 0.3 is 0 Å². The van der Waals surface area contributed by atoms with Crippen LogP contribution in [-0.4, -0.2) is 43.3 Å². The number of aldehydes is 1. The Hall–Kier alpha value is -1.33. The summed E-state index contributed by atoms with van der Waals surface area (Å²) in [5, 5.41) is 9.05. The lowest BCUT2D eigenvalue weighted by Gasteiger charge is -2.37. The van der Waals surface area contributed by atoms with E-state index in [-0.39, 0.29) is 18.8 Å². The average molecular weight is 225 g/mol. The van der Waals surface area contributed by atoms with Gasteiger partial charge in [-0.3, -0.25) is 4.79 Å². The van der Waals surface area contributed by atoms with Crippen LogP contribution in [0.5, 0.6) is 0 Å². The molecule has 5 nitrogen and oxygen atoms in total. The van der Waals surface area contributed by atoms with Gasteiger partial charge in [0.1, 0.15) is 0 Å². The lowest BCUT2D eigenvalue weighted by molar-refractivity contribution is -0.0115. The van der Waals surface area contributed by atoms with Crippen LogP contribution >= 0.6 is 0 Å². The van der Waals surface area contributed by atoms with Gasteiger partial charge in [-0.2, -0.15) is 0 Å². The Morgan fingerprint density at radius 1 is 1.62 bits per heavy atom. The van der Waals surface area contributed by atoms with Crippen molar-refractivity contribution in [3.63, 3.8) is 0 Å². The molecule has 1 fully saturated rings. The predicted octanol–water partition coefficient (Wildman–Crippen LogP) is 0.678. The van der Waals surface area contributed by atoms with Crippen molar-refractivity contribution in [2.24, 2.45) is 0 Å². The summed E-state index contributed by atoms with van der Waals surface area (Å²) >= 11 is 0. The summed E-state index contributed by atoms with van der Waals surface area (Å²) in [5.74, 6) is 0.964. The van der Waals surface area contributed by atoms with E-state index < -0.39 is 0 Å². The summed E-state index contributed by atoms with van der Waals surface area (Å²) in [6.45, 7) is 3.12. The smallest absolute Gasteiger partial charge is 0.196 e. The number of aliphatic hydroxyl groups excluding tert-OH is 1. The highest BCUT2D eigenvalue weighted by Gasteiger charge is 2.27. The average Bonchev–Trinajstić information content (AvgIpc) is 2.78. The van der Waals surface area contributed by atoms with Gasteiger partial charge in [-0.25, -0.2) is 0 Å². The SMILES string of the molecule is CC1COC(CO)CN1c1ccc(C=O)o1. The second kappa shape index (κ2) is 4.67. The van der Waals surface area contributed by atoms with Gasteiger partial charge in [-0.1, -0.05) is 0 Å². The van der Waals surface area contributed by atoms with Crippen LogP contribution in [-0.2, 0) is 4.74 Å². The van der Waals surface area contributed by atoms with Crippen molar-refractivity contribution in [2.75, 3.05) is 24.7 Å². The first kappa shape index (κ1) is 11.2. The number of carbonyl (C=O) groups excluding carboxylic acids is 1. The van der Waals surface area contributed by atoms with E-state index in [2.05, 4.69) is 0 Å². The lowest BCUT2D eigenvalue weighted by atomic mass is 10.2. The monoisotopic (exact) mass is 225 g/mol. The Morgan fingerprint density at radius 3 is 3.06 bits per heavy atom. The number of rotatable bonds is 3. The van der Waals surface area contributed by atoms with Crippen molar-refractivity contribution in [3.8, 4) is 0 Å². The Bertz CT molecular complexity index is 363. The number of hydrogen-bond donors (Lipinski definition) is 1. The van der Waals surface area contributed by atoms with Gasteiger partial charge in [-0.15, -0.1) is 0 Å². The van der Waals surface area contributed by atoms with Gasteiger partial charge in [0.05, 0.1) is 25.4 Å². The van der Waals surface area contributed by atoms with Crippen molar-refractivity contribution in [2.45, 2.75) is 19.1 Å². The Labute approximate surface area is 93.6 Å². The van der Waals surface area contributed by atoms with E-state index >= 15 is 0 Å². The van der Waals surface area contributed by atoms with E-state index in [0.717, 1.165) is 0 Å². The maximum Gasteiger partial charge on any atom is 0.196 e. The molecule has 0 aliphatic carbocycles. The molecule has 1 aromatic heterocycles. The molecule has 2 rings (SSSR count). The Balaban J connectivity index is 2.14. The highest BCUT2D eigenvalue weighted by atomic mass is 16.5. The molecule has 5 heteroatoms. The summed E-state index contributed by atoms with van der Waals surface area (Å²) in [4.78, 5) is 12.5. The van der Waals surface area contributed by atoms with Gasteiger partial charge in [0.15, 0.2) is 17.9 Å².